The molecule has 2 unspecified atom stereocenters. The highest BCUT2D eigenvalue weighted by Crippen LogP contribution is 2.47. The predicted molar refractivity (Wildman–Crippen MR) is 199 cm³/mol. The maximum absolute atomic E-state index is 15.9. The number of halogens is 6. The largest absolute Gasteiger partial charge is 0.467 e. The lowest BCUT2D eigenvalue weighted by Gasteiger charge is -2.18. The van der Waals surface area contributed by atoms with E-state index < -0.39 is 40.6 Å². The van der Waals surface area contributed by atoms with Crippen LogP contribution in [0.5, 0.6) is 6.01 Å². The van der Waals surface area contributed by atoms with E-state index in [1.54, 1.807) is 13.0 Å². The number of methoxy groups -OCH3 is 1. The highest BCUT2D eigenvalue weighted by Gasteiger charge is 2.39. The molecule has 3 saturated heterocycles. The Morgan fingerprint density at radius 2 is 1.81 bits per heavy atom. The van der Waals surface area contributed by atoms with E-state index in [0.29, 0.717) is 35.7 Å². The molecule has 16 heteroatoms. The van der Waals surface area contributed by atoms with Crippen LogP contribution < -0.4 is 15.8 Å². The van der Waals surface area contributed by atoms with Gasteiger partial charge in [0.15, 0.2) is 5.82 Å². The third kappa shape index (κ3) is 8.62. The van der Waals surface area contributed by atoms with Crippen LogP contribution in [-0.2, 0) is 11.0 Å². The topological polar surface area (TPSA) is 120 Å². The summed E-state index contributed by atoms with van der Waals surface area (Å²) in [4.78, 5) is 23.5. The quantitative estimate of drug-likeness (QED) is 0.193. The van der Waals surface area contributed by atoms with Crippen molar-refractivity contribution >= 4 is 49.1 Å². The van der Waals surface area contributed by atoms with E-state index in [1.165, 1.54) is 32.8 Å². The van der Waals surface area contributed by atoms with Gasteiger partial charge >= 0.3 is 12.2 Å². The molecule has 9 nitrogen and oxygen atoms in total. The van der Waals surface area contributed by atoms with Crippen LogP contribution in [0.25, 0.3) is 32.1 Å². The number of nitrogens with two attached hydrogens (primary N) is 1. The van der Waals surface area contributed by atoms with Crippen molar-refractivity contribution in [1.82, 2.24) is 19.8 Å². The first kappa shape index (κ1) is 40.8. The number of aromatic nitrogens is 2. The molecule has 292 valence electrons. The van der Waals surface area contributed by atoms with Gasteiger partial charge in [-0.05, 0) is 76.1 Å². The van der Waals surface area contributed by atoms with E-state index in [9.17, 15) is 32.0 Å². The number of ether oxygens (including phenoxy) is 1. The number of hydrogen-bond donors (Lipinski definition) is 2. The smallest absolute Gasteiger partial charge is 0.417 e. The van der Waals surface area contributed by atoms with E-state index in [-0.39, 0.29) is 50.0 Å². The van der Waals surface area contributed by atoms with E-state index in [4.69, 9.17) is 10.5 Å². The minimum Gasteiger partial charge on any atom is -0.467 e. The van der Waals surface area contributed by atoms with Gasteiger partial charge in [-0.3, -0.25) is 9.69 Å². The average molecular weight is 778 g/mol. The molecule has 8 rings (SSSR count). The molecule has 1 aliphatic carbocycles. The number of amides is 1. The van der Waals surface area contributed by atoms with Crippen LogP contribution in [0.15, 0.2) is 18.2 Å². The van der Waals surface area contributed by atoms with Gasteiger partial charge in [0.05, 0.1) is 22.9 Å². The summed E-state index contributed by atoms with van der Waals surface area (Å²) in [5.74, 6) is -1.30. The van der Waals surface area contributed by atoms with Crippen molar-refractivity contribution in [2.45, 2.75) is 84.1 Å². The first-order chi connectivity index (χ1) is 25.9. The van der Waals surface area contributed by atoms with Gasteiger partial charge in [0.2, 0.25) is 5.91 Å². The summed E-state index contributed by atoms with van der Waals surface area (Å²) in [7, 11) is 1.23. The lowest BCUT2D eigenvalue weighted by Crippen LogP contribution is -2.28. The van der Waals surface area contributed by atoms with E-state index in [2.05, 4.69) is 20.2 Å². The summed E-state index contributed by atoms with van der Waals surface area (Å²) in [6.07, 6.45) is 2.55. The number of nitriles is 1. The number of hydrogen-bond acceptors (Lipinski definition) is 9. The van der Waals surface area contributed by atoms with Crippen LogP contribution in [0.1, 0.15) is 76.8 Å². The van der Waals surface area contributed by atoms with Crippen LogP contribution in [0, 0.1) is 28.9 Å². The van der Waals surface area contributed by atoms with Gasteiger partial charge in [0.25, 0.3) is 0 Å². The molecule has 54 heavy (non-hydrogen) atoms. The second kappa shape index (κ2) is 17.4. The maximum atomic E-state index is 15.9. The van der Waals surface area contributed by atoms with Gasteiger partial charge in [0, 0.05) is 54.5 Å². The minimum atomic E-state index is -5.00. The number of benzene rings is 2. The fraction of sp³-hybridized carbons (Fsp3) is 0.526. The molecule has 2 aromatic heterocycles. The maximum Gasteiger partial charge on any atom is 0.417 e. The standard InChI is InChI=1S/C21H14F5N5OS.C8H13NO.C7H12FN.C2H6/c1-3-29-19-9-6-11(21(24,25)26)14(15(23)16(9)30-20(31-19)32-2)8-4-5-12(22)17-13(8)10(7-27)18(28)33-17;10-8(7-3-4-7)9-5-1-2-6-9;8-6-4-7-2-1-3-9(7)5-6;1-2/h4-6H,3,28H2,1-2H3,(H,29,30,31);7H,1-6H2;6-7H,1-5H2;1-2H3. The lowest BCUT2D eigenvalue weighted by molar-refractivity contribution is -0.137. The first-order valence-electron chi connectivity index (χ1n) is 18.3. The van der Waals surface area contributed by atoms with E-state index in [1.807, 2.05) is 18.7 Å². The van der Waals surface area contributed by atoms with Gasteiger partial charge in [-0.1, -0.05) is 19.9 Å². The van der Waals surface area contributed by atoms with Crippen LogP contribution in [-0.4, -0.2) is 77.7 Å². The van der Waals surface area contributed by atoms with Crippen molar-refractivity contribution in [3.8, 4) is 23.2 Å². The molecule has 5 heterocycles. The van der Waals surface area contributed by atoms with Crippen molar-refractivity contribution < 1.29 is 35.9 Å². The minimum absolute atomic E-state index is 0.0444. The summed E-state index contributed by atoms with van der Waals surface area (Å²) in [5.41, 5.74) is 2.59. The Balaban J connectivity index is 0.000000213. The Labute approximate surface area is 314 Å². The van der Waals surface area contributed by atoms with Gasteiger partial charge in [0.1, 0.15) is 34.4 Å². The van der Waals surface area contributed by atoms with Crippen molar-refractivity contribution in [3.63, 3.8) is 0 Å². The fourth-order valence-electron chi connectivity index (χ4n) is 7.15. The summed E-state index contributed by atoms with van der Waals surface area (Å²) < 4.78 is 90.2. The number of anilines is 2. The molecule has 2 aromatic carbocycles. The number of thiophene rings is 1. The molecular formula is C38H45F6N7O2S. The van der Waals surface area contributed by atoms with Crippen molar-refractivity contribution in [2.24, 2.45) is 5.92 Å². The number of carbonyl (C=O) groups excluding carboxylic acids is 1. The first-order valence-corrected chi connectivity index (χ1v) is 19.1. The van der Waals surface area contributed by atoms with Gasteiger partial charge in [-0.25, -0.2) is 13.2 Å². The zero-order valence-electron chi connectivity index (χ0n) is 30.8. The average Bonchev–Trinajstić information content (AvgIpc) is 3.41. The monoisotopic (exact) mass is 777 g/mol. The SMILES string of the molecule is CC.CCNc1nc(OC)nc2c(F)c(-c3ccc(F)c4sc(N)c(C#N)c34)c(C(F)(F)F)cc12.FC1CC2CCCN2C1.O=C(C1CC1)N1CCCC1. The lowest BCUT2D eigenvalue weighted by atomic mass is 9.92. The van der Waals surface area contributed by atoms with Crippen molar-refractivity contribution in [3.05, 3.63) is 41.0 Å². The molecule has 0 spiro atoms. The van der Waals surface area contributed by atoms with Crippen molar-refractivity contribution in [2.75, 3.05) is 50.9 Å². The van der Waals surface area contributed by atoms with Gasteiger partial charge in [-0.2, -0.15) is 28.4 Å². The van der Waals surface area contributed by atoms with E-state index >= 15 is 4.39 Å². The zero-order valence-corrected chi connectivity index (χ0v) is 31.6. The summed E-state index contributed by atoms with van der Waals surface area (Å²) in [6, 6.07) is 4.75. The number of rotatable bonds is 5. The second-order valence-corrected chi connectivity index (χ2v) is 14.3. The number of nitrogens with zero attached hydrogens (tertiary/aromatic N) is 5. The normalized spacial score (nSPS) is 19.2. The number of fused-ring (bicyclic) bond motifs is 3. The Hall–Kier alpha value is -4.36. The summed E-state index contributed by atoms with van der Waals surface area (Å²) in [6.45, 7) is 9.88. The fourth-order valence-corrected chi connectivity index (χ4v) is 8.10. The predicted octanol–water partition coefficient (Wildman–Crippen LogP) is 8.94. The summed E-state index contributed by atoms with van der Waals surface area (Å²) in [5, 5.41) is 11.8. The Kier molecular flexibility index (Phi) is 13.2. The highest BCUT2D eigenvalue weighted by atomic mass is 32.1. The molecule has 4 aliphatic rings. The molecule has 4 aromatic rings. The van der Waals surface area contributed by atoms with Crippen LogP contribution in [0.4, 0.5) is 37.2 Å². The van der Waals surface area contributed by atoms with E-state index in [0.717, 1.165) is 57.1 Å². The summed E-state index contributed by atoms with van der Waals surface area (Å²) >= 11 is 0.698. The van der Waals surface area contributed by atoms with Crippen LogP contribution in [0.2, 0.25) is 0 Å². The van der Waals surface area contributed by atoms with Crippen LogP contribution in [0.3, 0.4) is 0 Å². The highest BCUT2D eigenvalue weighted by molar-refractivity contribution is 7.23. The Morgan fingerprint density at radius 3 is 2.41 bits per heavy atom. The second-order valence-electron chi connectivity index (χ2n) is 13.3. The molecule has 0 radical (unpaired) electrons. The molecular weight excluding hydrogens is 733 g/mol. The molecule has 0 bridgehead atoms. The molecule has 2 atom stereocenters. The molecule has 3 N–H and O–H groups in total. The molecule has 3 aliphatic heterocycles. The molecule has 4 fully saturated rings. The Morgan fingerprint density at radius 1 is 1.11 bits per heavy atom. The number of carbonyl (C=O) groups is 1. The van der Waals surface area contributed by atoms with Crippen LogP contribution >= 0.6 is 11.3 Å². The number of nitrogen functional groups attached to an aromatic ring is 1. The van der Waals surface area contributed by atoms with Gasteiger partial charge in [-0.15, -0.1) is 11.3 Å². The number of alkyl halides is 4. The third-order valence-corrected chi connectivity index (χ3v) is 10.8. The number of likely N-dealkylation sites (tertiary alicyclic amines) is 1. The molecule has 1 saturated carbocycles. The van der Waals surface area contributed by atoms with Crippen molar-refractivity contribution in [1.29, 1.82) is 5.26 Å². The number of nitrogens with one attached hydrogen (secondary N) is 1. The van der Waals surface area contributed by atoms with Gasteiger partial charge < -0.3 is 20.7 Å². The Bertz CT molecular complexity index is 1990. The zero-order chi connectivity index (χ0) is 39.3. The molecule has 1 amide bonds. The third-order valence-electron chi connectivity index (χ3n) is 9.75.